The summed E-state index contributed by atoms with van der Waals surface area (Å²) in [6, 6.07) is 8.60. The van der Waals surface area contributed by atoms with E-state index in [4.69, 9.17) is 16.2 Å². The van der Waals surface area contributed by atoms with Crippen LogP contribution in [0.1, 0.15) is 104 Å². The van der Waals surface area contributed by atoms with Crippen molar-refractivity contribution in [2.45, 2.75) is 153 Å². The van der Waals surface area contributed by atoms with Gasteiger partial charge in [-0.25, -0.2) is 4.79 Å². The number of hydrogen-bond donors (Lipinski definition) is 8. The molecule has 2 fully saturated rings. The smallest absolute Gasteiger partial charge is 0.408 e. The number of rotatable bonds is 22. The maximum Gasteiger partial charge on any atom is 0.408 e. The molecule has 2 aliphatic heterocycles. The van der Waals surface area contributed by atoms with Gasteiger partial charge in [-0.2, -0.15) is 0 Å². The van der Waals surface area contributed by atoms with Crippen LogP contribution in [0.5, 0.6) is 0 Å². The van der Waals surface area contributed by atoms with Gasteiger partial charge in [0.2, 0.25) is 47.3 Å². The van der Waals surface area contributed by atoms with Gasteiger partial charge in [0.15, 0.2) is 0 Å². The fraction of sp³-hybridized carbons (Fsp3) is 0.531. The number of fused-ring (bicyclic) bond motifs is 1. The van der Waals surface area contributed by atoms with E-state index in [1.165, 1.54) is 16.7 Å². The van der Waals surface area contributed by atoms with E-state index < -0.39 is 101 Å². The Balaban J connectivity index is 1.38. The molecule has 20 nitrogen and oxygen atoms in total. The molecule has 7 atom stereocenters. The van der Waals surface area contributed by atoms with Gasteiger partial charge in [-0.15, -0.1) is 0 Å². The molecule has 3 aromatic rings. The number of benzene rings is 2. The van der Waals surface area contributed by atoms with E-state index in [9.17, 15) is 43.2 Å². The highest BCUT2D eigenvalue weighted by Crippen LogP contribution is 2.27. The Kier molecular flexibility index (Phi) is 18.7. The number of likely N-dealkylation sites (tertiary alicyclic amines) is 2. The number of amides is 9. The number of aromatic amines is 1. The first-order valence-electron chi connectivity index (χ1n) is 23.7. The third-order valence-electron chi connectivity index (χ3n) is 12.2. The molecule has 0 bridgehead atoms. The van der Waals surface area contributed by atoms with Crippen LogP contribution in [0.2, 0.25) is 0 Å². The van der Waals surface area contributed by atoms with Gasteiger partial charge < -0.3 is 57.6 Å². The maximum atomic E-state index is 14.8. The predicted molar refractivity (Wildman–Crippen MR) is 255 cm³/mol. The molecule has 20 heteroatoms. The zero-order valence-corrected chi connectivity index (χ0v) is 40.1. The summed E-state index contributed by atoms with van der Waals surface area (Å²) in [6.07, 6.45) is 3.87. The zero-order valence-electron chi connectivity index (χ0n) is 40.1. The summed E-state index contributed by atoms with van der Waals surface area (Å²) in [4.78, 5) is 128. The van der Waals surface area contributed by atoms with Gasteiger partial charge in [-0.1, -0.05) is 68.3 Å². The van der Waals surface area contributed by atoms with Crippen LogP contribution in [0.4, 0.5) is 4.79 Å². The number of carbonyl (C=O) groups is 9. The van der Waals surface area contributed by atoms with Crippen LogP contribution in [0.15, 0.2) is 60.8 Å². The molecule has 0 radical (unpaired) electrons. The van der Waals surface area contributed by atoms with Crippen LogP contribution in [-0.2, 0) is 55.9 Å². The van der Waals surface area contributed by atoms with Gasteiger partial charge in [0.25, 0.3) is 0 Å². The number of carbonyl (C=O) groups excluding carboxylic acids is 9. The van der Waals surface area contributed by atoms with E-state index in [1.807, 2.05) is 37.3 Å². The standard InChI is InChI=1S/C49H68N10O10/c1-6-7-18-34(41(51)61)54-45(65)38-20-13-24-58(38)47(67)39-21-14-25-59(39)46(66)37(26-30-15-9-8-10-16-30)56-44(64)36(27-31-28-52-33-19-12-11-17-32(31)33)55-42(62)29(2)53-43(63)35(22-23-40(50)60)57-48(68)69-49(3,4)5/h8-12,15-17,19,28-29,34-39,52H,6-7,13-14,18,20-27H2,1-5H3,(H2,50,60)(H2,51,61)(H,53,63)(H,54,65)(H,55,62)(H,56,64)(H,57,68)/t29-,34-,35-,36+,37-,38-,39+/m0/s1. The number of nitrogens with two attached hydrogens (primary N) is 2. The number of aromatic nitrogens is 1. The molecule has 0 aliphatic carbocycles. The molecule has 374 valence electrons. The average molecular weight is 957 g/mol. The summed E-state index contributed by atoms with van der Waals surface area (Å²) in [7, 11) is 0. The minimum absolute atomic E-state index is 0.0292. The van der Waals surface area contributed by atoms with Gasteiger partial charge in [0, 0.05) is 49.5 Å². The van der Waals surface area contributed by atoms with E-state index in [2.05, 4.69) is 31.6 Å². The van der Waals surface area contributed by atoms with Gasteiger partial charge in [0.05, 0.1) is 0 Å². The van der Waals surface area contributed by atoms with Crippen molar-refractivity contribution in [3.63, 3.8) is 0 Å². The van der Waals surface area contributed by atoms with Gasteiger partial charge in [-0.05, 0) is 83.4 Å². The monoisotopic (exact) mass is 957 g/mol. The molecule has 2 aromatic carbocycles. The van der Waals surface area contributed by atoms with Crippen molar-refractivity contribution < 1.29 is 47.9 Å². The van der Waals surface area contributed by atoms with Crippen molar-refractivity contribution >= 4 is 64.3 Å². The Morgan fingerprint density at radius 1 is 0.725 bits per heavy atom. The summed E-state index contributed by atoms with van der Waals surface area (Å²) < 4.78 is 5.29. The minimum Gasteiger partial charge on any atom is -0.444 e. The van der Waals surface area contributed by atoms with Crippen LogP contribution < -0.4 is 38.1 Å². The third kappa shape index (κ3) is 15.0. The molecule has 1 aromatic heterocycles. The van der Waals surface area contributed by atoms with Crippen molar-refractivity contribution in [1.29, 1.82) is 0 Å². The molecular formula is C49H68N10O10. The number of alkyl carbamates (subject to hydrolysis) is 1. The van der Waals surface area contributed by atoms with Gasteiger partial charge in [-0.3, -0.25) is 38.4 Å². The highest BCUT2D eigenvalue weighted by Gasteiger charge is 2.44. The molecule has 0 spiro atoms. The highest BCUT2D eigenvalue weighted by atomic mass is 16.6. The van der Waals surface area contributed by atoms with E-state index in [1.54, 1.807) is 51.2 Å². The topological polar surface area (TPSA) is 297 Å². The number of nitrogens with one attached hydrogen (secondary N) is 6. The second kappa shape index (κ2) is 24.3. The molecule has 2 saturated heterocycles. The number of unbranched alkanes of at least 4 members (excludes halogenated alkanes) is 1. The summed E-state index contributed by atoms with van der Waals surface area (Å²) in [5.74, 6) is -5.12. The summed E-state index contributed by atoms with van der Waals surface area (Å²) >= 11 is 0. The predicted octanol–water partition coefficient (Wildman–Crippen LogP) is 1.73. The van der Waals surface area contributed by atoms with Crippen molar-refractivity contribution in [2.75, 3.05) is 13.1 Å². The Hall–Kier alpha value is -6.99. The van der Waals surface area contributed by atoms with E-state index >= 15 is 0 Å². The van der Waals surface area contributed by atoms with Crippen molar-refractivity contribution in [2.24, 2.45) is 11.5 Å². The first kappa shape index (κ1) is 53.0. The first-order valence-corrected chi connectivity index (χ1v) is 23.7. The molecule has 10 N–H and O–H groups in total. The maximum absolute atomic E-state index is 14.8. The number of hydrogen-bond acceptors (Lipinski definition) is 10. The highest BCUT2D eigenvalue weighted by molar-refractivity contribution is 5.98. The molecule has 3 heterocycles. The normalized spacial score (nSPS) is 18.0. The first-order chi connectivity index (χ1) is 32.8. The van der Waals surface area contributed by atoms with Crippen molar-refractivity contribution in [3.8, 4) is 0 Å². The number of primary amides is 2. The second-order valence-electron chi connectivity index (χ2n) is 18.8. The van der Waals surface area contributed by atoms with Gasteiger partial charge >= 0.3 is 6.09 Å². The molecule has 69 heavy (non-hydrogen) atoms. The summed E-state index contributed by atoms with van der Waals surface area (Å²) in [5.41, 5.74) is 12.2. The van der Waals surface area contributed by atoms with E-state index in [0.29, 0.717) is 49.7 Å². The number of ether oxygens (including phenoxy) is 1. The zero-order chi connectivity index (χ0) is 50.4. The quantitative estimate of drug-likeness (QED) is 0.0722. The molecule has 5 rings (SSSR count). The molecular weight excluding hydrogens is 889 g/mol. The SMILES string of the molecule is CCCC[C@H](NC(=O)[C@@H]1CCCN1C(=O)[C@H]1CCCN1C(=O)[C@H](Cc1ccccc1)NC(=O)[C@@H](Cc1c[nH]c2ccccc12)NC(=O)[C@H](C)NC(=O)[C@H](CCC(N)=O)NC(=O)OC(C)(C)C)C(N)=O. The van der Waals surface area contributed by atoms with Crippen LogP contribution in [0.25, 0.3) is 10.9 Å². The lowest BCUT2D eigenvalue weighted by Gasteiger charge is -2.33. The van der Waals surface area contributed by atoms with Crippen molar-refractivity contribution in [3.05, 3.63) is 71.9 Å². The Bertz CT molecular complexity index is 2330. The van der Waals surface area contributed by atoms with Crippen LogP contribution in [0.3, 0.4) is 0 Å². The van der Waals surface area contributed by atoms with Crippen LogP contribution in [0, 0.1) is 0 Å². The lowest BCUT2D eigenvalue weighted by atomic mass is 10.0. The number of para-hydroxylation sites is 1. The van der Waals surface area contributed by atoms with E-state index in [-0.39, 0.29) is 38.8 Å². The average Bonchev–Trinajstić information content (AvgIpc) is 4.09. The fourth-order valence-corrected chi connectivity index (χ4v) is 8.68. The van der Waals surface area contributed by atoms with Crippen molar-refractivity contribution in [1.82, 2.24) is 41.4 Å². The largest absolute Gasteiger partial charge is 0.444 e. The number of H-pyrrole nitrogens is 1. The van der Waals surface area contributed by atoms with Crippen LogP contribution in [-0.4, -0.2) is 129 Å². The third-order valence-corrected chi connectivity index (χ3v) is 12.2. The Morgan fingerprint density at radius 3 is 2.03 bits per heavy atom. The number of nitrogens with zero attached hydrogens (tertiary/aromatic N) is 2. The molecule has 2 aliphatic rings. The van der Waals surface area contributed by atoms with E-state index in [0.717, 1.165) is 17.3 Å². The Morgan fingerprint density at radius 2 is 1.36 bits per heavy atom. The minimum atomic E-state index is -1.31. The fourth-order valence-electron chi connectivity index (χ4n) is 8.68. The molecule has 0 unspecified atom stereocenters. The summed E-state index contributed by atoms with van der Waals surface area (Å²) in [6.45, 7) is 8.73. The molecule has 9 amide bonds. The lowest BCUT2D eigenvalue weighted by molar-refractivity contribution is -0.148. The second-order valence-corrected chi connectivity index (χ2v) is 18.8. The lowest BCUT2D eigenvalue weighted by Crippen LogP contribution is -2.60. The van der Waals surface area contributed by atoms with Crippen LogP contribution >= 0.6 is 0 Å². The Labute approximate surface area is 402 Å². The molecule has 0 saturated carbocycles. The summed E-state index contributed by atoms with van der Waals surface area (Å²) in [5, 5.41) is 14.2. The van der Waals surface area contributed by atoms with Gasteiger partial charge in [0.1, 0.15) is 47.9 Å².